The molecule has 0 amide bonds. The van der Waals surface area contributed by atoms with Crippen LogP contribution in [0.4, 0.5) is 0 Å². The van der Waals surface area contributed by atoms with E-state index in [0.29, 0.717) is 6.61 Å². The third kappa shape index (κ3) is 5.20. The highest BCUT2D eigenvalue weighted by atomic mass is 16.5. The van der Waals surface area contributed by atoms with Crippen LogP contribution in [-0.2, 0) is 19.6 Å². The Morgan fingerprint density at radius 3 is 2.38 bits per heavy atom. The zero-order valence-corrected chi connectivity index (χ0v) is 12.9. The first-order chi connectivity index (χ1) is 10.3. The lowest BCUT2D eigenvalue weighted by Gasteiger charge is -2.07. The molecule has 0 radical (unpaired) electrons. The van der Waals surface area contributed by atoms with Crippen molar-refractivity contribution >= 4 is 0 Å². The molecule has 0 fully saturated rings. The summed E-state index contributed by atoms with van der Waals surface area (Å²) in [6.45, 7) is 6.63. The average Bonchev–Trinajstić information content (AvgIpc) is 2.53. The third-order valence-corrected chi connectivity index (χ3v) is 3.31. The van der Waals surface area contributed by atoms with E-state index in [0.717, 1.165) is 31.0 Å². The quantitative estimate of drug-likeness (QED) is 0.802. The monoisotopic (exact) mass is 284 g/mol. The van der Waals surface area contributed by atoms with E-state index in [1.54, 1.807) is 0 Å². The maximum Gasteiger partial charge on any atom is 0.130 e. The van der Waals surface area contributed by atoms with Gasteiger partial charge in [0.15, 0.2) is 0 Å². The predicted octanol–water partition coefficient (Wildman–Crippen LogP) is 3.72. The lowest BCUT2D eigenvalue weighted by molar-refractivity contribution is 0.301. The fourth-order valence-corrected chi connectivity index (χ4v) is 2.11. The summed E-state index contributed by atoms with van der Waals surface area (Å²) >= 11 is 0. The minimum Gasteiger partial charge on any atom is -0.487 e. The van der Waals surface area contributed by atoms with Crippen LogP contribution in [0.25, 0.3) is 0 Å². The third-order valence-electron chi connectivity index (χ3n) is 3.31. The lowest BCUT2D eigenvalue weighted by Crippen LogP contribution is -2.12. The first kappa shape index (κ1) is 15.5. The fraction of sp³-hybridized carbons (Fsp3) is 0.389. The lowest BCUT2D eigenvalue weighted by atomic mass is 10.1. The molecular weight excluding hydrogens is 260 g/mol. The zero-order chi connectivity index (χ0) is 14.9. The topological polar surface area (TPSA) is 34.1 Å². The number of aromatic nitrogens is 1. The molecule has 21 heavy (non-hydrogen) atoms. The van der Waals surface area contributed by atoms with Crippen LogP contribution in [0.5, 0.6) is 5.75 Å². The van der Waals surface area contributed by atoms with Crippen molar-refractivity contribution in [2.45, 2.75) is 39.8 Å². The first-order valence-electron chi connectivity index (χ1n) is 7.68. The normalized spacial score (nSPS) is 10.6. The highest BCUT2D eigenvalue weighted by Crippen LogP contribution is 2.14. The van der Waals surface area contributed by atoms with Gasteiger partial charge in [-0.15, -0.1) is 0 Å². The van der Waals surface area contributed by atoms with Gasteiger partial charge in [-0.25, -0.2) is 0 Å². The van der Waals surface area contributed by atoms with Crippen LogP contribution < -0.4 is 10.1 Å². The Morgan fingerprint density at radius 2 is 1.76 bits per heavy atom. The highest BCUT2D eigenvalue weighted by Gasteiger charge is 1.99. The summed E-state index contributed by atoms with van der Waals surface area (Å²) in [6.07, 6.45) is 4.20. The maximum atomic E-state index is 5.77. The Labute approximate surface area is 127 Å². The van der Waals surface area contributed by atoms with Gasteiger partial charge >= 0.3 is 0 Å². The molecule has 0 saturated carbocycles. The summed E-state index contributed by atoms with van der Waals surface area (Å²) in [7, 11) is 0. The van der Waals surface area contributed by atoms with E-state index in [-0.39, 0.29) is 0 Å². The number of rotatable bonds is 8. The van der Waals surface area contributed by atoms with Gasteiger partial charge in [0.2, 0.25) is 0 Å². The number of nitrogens with zero attached hydrogens (tertiary/aromatic N) is 1. The molecule has 0 aliphatic rings. The van der Waals surface area contributed by atoms with Crippen molar-refractivity contribution in [1.29, 1.82) is 0 Å². The largest absolute Gasteiger partial charge is 0.487 e. The number of ether oxygens (including phenoxy) is 1. The van der Waals surface area contributed by atoms with Crippen LogP contribution >= 0.6 is 0 Å². The van der Waals surface area contributed by atoms with Crippen molar-refractivity contribution in [2.75, 3.05) is 6.54 Å². The molecule has 1 aromatic heterocycles. The number of aryl methyl sites for hydroxylation is 1. The van der Waals surface area contributed by atoms with Crippen molar-refractivity contribution in [2.24, 2.45) is 0 Å². The van der Waals surface area contributed by atoms with Crippen LogP contribution in [0.2, 0.25) is 0 Å². The molecule has 0 saturated heterocycles. The zero-order valence-electron chi connectivity index (χ0n) is 12.9. The van der Waals surface area contributed by atoms with Gasteiger partial charge in [-0.05, 0) is 42.3 Å². The minimum absolute atomic E-state index is 0.509. The van der Waals surface area contributed by atoms with Gasteiger partial charge < -0.3 is 10.1 Å². The van der Waals surface area contributed by atoms with E-state index in [2.05, 4.69) is 42.3 Å². The minimum atomic E-state index is 0.509. The van der Waals surface area contributed by atoms with Crippen molar-refractivity contribution < 1.29 is 4.74 Å². The summed E-state index contributed by atoms with van der Waals surface area (Å²) in [5, 5.41) is 3.29. The molecular formula is C18H24N2O. The molecule has 0 bridgehead atoms. The van der Waals surface area contributed by atoms with Gasteiger partial charge in [-0.2, -0.15) is 0 Å². The van der Waals surface area contributed by atoms with E-state index >= 15 is 0 Å². The summed E-state index contributed by atoms with van der Waals surface area (Å²) in [5.74, 6) is 0.897. The average molecular weight is 284 g/mol. The van der Waals surface area contributed by atoms with Crippen molar-refractivity contribution in [3.63, 3.8) is 0 Å². The molecule has 2 aromatic rings. The standard InChI is InChI=1S/C18H24N2O/c1-3-5-15-7-10-18(11-8-15)21-14-17-9-6-16(13-20-17)12-19-4-2/h6-11,13,19H,3-5,12,14H2,1-2H3. The number of nitrogens with one attached hydrogen (secondary N) is 1. The summed E-state index contributed by atoms with van der Waals surface area (Å²) in [5.41, 5.74) is 3.51. The van der Waals surface area contributed by atoms with Gasteiger partial charge in [0.25, 0.3) is 0 Å². The van der Waals surface area contributed by atoms with Gasteiger partial charge in [-0.1, -0.05) is 38.5 Å². The molecule has 0 atom stereocenters. The highest BCUT2D eigenvalue weighted by molar-refractivity contribution is 5.27. The van der Waals surface area contributed by atoms with E-state index < -0.39 is 0 Å². The van der Waals surface area contributed by atoms with E-state index in [1.807, 2.05) is 24.4 Å². The van der Waals surface area contributed by atoms with Crippen molar-refractivity contribution in [1.82, 2.24) is 10.3 Å². The summed E-state index contributed by atoms with van der Waals surface area (Å²) < 4.78 is 5.77. The Hall–Kier alpha value is -1.87. The number of pyridine rings is 1. The second-order valence-electron chi connectivity index (χ2n) is 5.12. The molecule has 3 heteroatoms. The van der Waals surface area contributed by atoms with Gasteiger partial charge in [0, 0.05) is 12.7 Å². The molecule has 2 rings (SSSR count). The van der Waals surface area contributed by atoms with Gasteiger partial charge in [0.05, 0.1) is 5.69 Å². The Balaban J connectivity index is 1.84. The van der Waals surface area contributed by atoms with Gasteiger partial charge in [-0.3, -0.25) is 4.98 Å². The molecule has 0 spiro atoms. The molecule has 0 unspecified atom stereocenters. The summed E-state index contributed by atoms with van der Waals surface area (Å²) in [6, 6.07) is 12.4. The molecule has 112 valence electrons. The molecule has 0 aliphatic heterocycles. The van der Waals surface area contributed by atoms with Crippen molar-refractivity contribution in [3.8, 4) is 5.75 Å². The van der Waals surface area contributed by atoms with Crippen LogP contribution in [0, 0.1) is 0 Å². The van der Waals surface area contributed by atoms with Gasteiger partial charge in [0.1, 0.15) is 12.4 Å². The fourth-order valence-electron chi connectivity index (χ4n) is 2.11. The SMILES string of the molecule is CCCc1ccc(OCc2ccc(CNCC)cn2)cc1. The van der Waals surface area contributed by atoms with E-state index in [1.165, 1.54) is 17.5 Å². The Morgan fingerprint density at radius 1 is 1.00 bits per heavy atom. The second kappa shape index (κ2) is 8.42. The first-order valence-corrected chi connectivity index (χ1v) is 7.68. The molecule has 1 heterocycles. The predicted molar refractivity (Wildman–Crippen MR) is 86.4 cm³/mol. The van der Waals surface area contributed by atoms with Crippen LogP contribution in [0.3, 0.4) is 0 Å². The van der Waals surface area contributed by atoms with E-state index in [4.69, 9.17) is 4.74 Å². The maximum absolute atomic E-state index is 5.77. The van der Waals surface area contributed by atoms with Crippen LogP contribution in [0.15, 0.2) is 42.6 Å². The number of hydrogen-bond donors (Lipinski definition) is 1. The molecule has 0 aliphatic carbocycles. The molecule has 1 aromatic carbocycles. The van der Waals surface area contributed by atoms with E-state index in [9.17, 15) is 0 Å². The van der Waals surface area contributed by atoms with Crippen molar-refractivity contribution in [3.05, 3.63) is 59.4 Å². The Kier molecular flexibility index (Phi) is 6.22. The van der Waals surface area contributed by atoms with Crippen LogP contribution in [-0.4, -0.2) is 11.5 Å². The summed E-state index contributed by atoms with van der Waals surface area (Å²) in [4.78, 5) is 4.43. The molecule has 3 nitrogen and oxygen atoms in total. The smallest absolute Gasteiger partial charge is 0.130 e. The molecule has 1 N–H and O–H groups in total. The second-order valence-corrected chi connectivity index (χ2v) is 5.12. The Bertz CT molecular complexity index is 520. The van der Waals surface area contributed by atoms with Crippen LogP contribution in [0.1, 0.15) is 37.1 Å². The number of hydrogen-bond acceptors (Lipinski definition) is 3. The number of benzene rings is 1.